The summed E-state index contributed by atoms with van der Waals surface area (Å²) in [5, 5.41) is 9.20. The van der Waals surface area contributed by atoms with Gasteiger partial charge in [0.15, 0.2) is 0 Å². The summed E-state index contributed by atoms with van der Waals surface area (Å²) in [6.07, 6.45) is 0. The van der Waals surface area contributed by atoms with Crippen LogP contribution in [-0.2, 0) is 0 Å². The fraction of sp³-hybridized carbons (Fsp3) is 0. The molecule has 8 aromatic rings. The second-order valence-electron chi connectivity index (χ2n) is 11.3. The first-order chi connectivity index (χ1) is 22.3. The first-order valence-corrected chi connectivity index (χ1v) is 16.8. The summed E-state index contributed by atoms with van der Waals surface area (Å²) < 4.78 is 0. The van der Waals surface area contributed by atoms with Gasteiger partial charge in [-0.1, -0.05) is 182 Å². The van der Waals surface area contributed by atoms with Gasteiger partial charge in [-0.15, -0.1) is 0 Å². The van der Waals surface area contributed by atoms with E-state index in [1.807, 2.05) is 0 Å². The molecule has 1 heteroatoms. The lowest BCUT2D eigenvalue weighted by Crippen LogP contribution is -2.20. The van der Waals surface area contributed by atoms with Gasteiger partial charge < -0.3 is 0 Å². The molecule has 0 spiro atoms. The number of hydrogen-bond donors (Lipinski definition) is 0. The molecule has 0 amide bonds. The zero-order chi connectivity index (χ0) is 30.0. The van der Waals surface area contributed by atoms with Crippen molar-refractivity contribution in [2.45, 2.75) is 0 Å². The van der Waals surface area contributed by atoms with Crippen LogP contribution in [0.15, 0.2) is 188 Å². The summed E-state index contributed by atoms with van der Waals surface area (Å²) in [6.45, 7) is 0. The van der Waals surface area contributed by atoms with E-state index in [2.05, 4.69) is 188 Å². The summed E-state index contributed by atoms with van der Waals surface area (Å²) in [7, 11) is -0.632. The van der Waals surface area contributed by atoms with Crippen LogP contribution in [0, 0.1) is 0 Å². The normalized spacial score (nSPS) is 11.3. The third kappa shape index (κ3) is 5.14. The van der Waals surface area contributed by atoms with Crippen molar-refractivity contribution in [1.82, 2.24) is 0 Å². The Balaban J connectivity index is 1.25. The maximum Gasteiger partial charge on any atom is -0.00262 e. The van der Waals surface area contributed by atoms with E-state index in [1.54, 1.807) is 0 Å². The fourth-order valence-corrected chi connectivity index (χ4v) is 8.90. The Morgan fingerprint density at radius 3 is 1.13 bits per heavy atom. The van der Waals surface area contributed by atoms with Crippen molar-refractivity contribution in [3.05, 3.63) is 188 Å². The van der Waals surface area contributed by atoms with Gasteiger partial charge in [-0.2, -0.15) is 0 Å². The van der Waals surface area contributed by atoms with Crippen molar-refractivity contribution in [3.63, 3.8) is 0 Å². The lowest BCUT2D eigenvalue weighted by Gasteiger charge is -2.20. The highest BCUT2D eigenvalue weighted by Gasteiger charge is 2.18. The van der Waals surface area contributed by atoms with Gasteiger partial charge in [0.2, 0.25) is 0 Å². The zero-order valence-electron chi connectivity index (χ0n) is 24.8. The Labute approximate surface area is 266 Å². The zero-order valence-corrected chi connectivity index (χ0v) is 25.7. The van der Waals surface area contributed by atoms with E-state index in [1.165, 1.54) is 70.8 Å². The van der Waals surface area contributed by atoms with E-state index in [0.29, 0.717) is 0 Å². The molecule has 0 nitrogen and oxygen atoms in total. The number of benzene rings is 8. The van der Waals surface area contributed by atoms with Crippen LogP contribution in [0.3, 0.4) is 0 Å². The van der Waals surface area contributed by atoms with Crippen LogP contribution in [0.25, 0.3) is 54.9 Å². The quantitative estimate of drug-likeness (QED) is 0.133. The molecule has 0 saturated carbocycles. The number of fused-ring (bicyclic) bond motifs is 2. The molecule has 0 saturated heterocycles. The van der Waals surface area contributed by atoms with Gasteiger partial charge in [-0.05, 0) is 84.8 Å². The second kappa shape index (κ2) is 12.0. The van der Waals surface area contributed by atoms with Crippen molar-refractivity contribution >= 4 is 45.4 Å². The van der Waals surface area contributed by atoms with Crippen molar-refractivity contribution in [3.8, 4) is 33.4 Å². The molecular weight excluding hydrogens is 559 g/mol. The molecule has 212 valence electrons. The first-order valence-electron chi connectivity index (χ1n) is 15.5. The SMILES string of the molecule is c1ccc(-c2c3ccccc3c(-c3cccc(-c4ccc(P(c5ccccc5)c5ccccc5)cc4)c3)c3ccccc23)cc1. The van der Waals surface area contributed by atoms with Gasteiger partial charge in [0.05, 0.1) is 0 Å². The Kier molecular flexibility index (Phi) is 7.28. The minimum atomic E-state index is -0.632. The molecule has 8 rings (SSSR count). The molecule has 8 aromatic carbocycles. The Morgan fingerprint density at radius 1 is 0.244 bits per heavy atom. The summed E-state index contributed by atoms with van der Waals surface area (Å²) in [5.41, 5.74) is 7.52. The molecular formula is C44H31P. The van der Waals surface area contributed by atoms with Crippen LogP contribution in [0.4, 0.5) is 0 Å². The van der Waals surface area contributed by atoms with E-state index in [-0.39, 0.29) is 0 Å². The molecule has 0 fully saturated rings. The van der Waals surface area contributed by atoms with Crippen LogP contribution < -0.4 is 15.9 Å². The van der Waals surface area contributed by atoms with Gasteiger partial charge in [-0.3, -0.25) is 0 Å². The standard InChI is InChI=1S/C44H31P/c1-4-15-33(16-5-1)43-39-23-10-12-25-41(39)44(42-26-13-11-24-40(42)43)35-18-14-17-34(31-35)32-27-29-38(30-28-32)45(36-19-6-2-7-20-36)37-21-8-3-9-22-37/h1-31H. The summed E-state index contributed by atoms with van der Waals surface area (Å²) in [6, 6.07) is 68.6. The fourth-order valence-electron chi connectivity index (χ4n) is 6.61. The van der Waals surface area contributed by atoms with E-state index in [0.717, 1.165) is 0 Å². The molecule has 0 aromatic heterocycles. The summed E-state index contributed by atoms with van der Waals surface area (Å²) in [5.74, 6) is 0. The highest BCUT2D eigenvalue weighted by atomic mass is 31.1. The van der Waals surface area contributed by atoms with Gasteiger partial charge in [-0.25, -0.2) is 0 Å². The van der Waals surface area contributed by atoms with E-state index >= 15 is 0 Å². The maximum absolute atomic E-state index is 2.36. The summed E-state index contributed by atoms with van der Waals surface area (Å²) >= 11 is 0. The molecule has 0 aliphatic carbocycles. The van der Waals surface area contributed by atoms with Crippen LogP contribution in [0.2, 0.25) is 0 Å². The average Bonchev–Trinajstić information content (AvgIpc) is 3.12. The van der Waals surface area contributed by atoms with E-state index in [9.17, 15) is 0 Å². The Morgan fingerprint density at radius 2 is 0.622 bits per heavy atom. The third-order valence-electron chi connectivity index (χ3n) is 8.63. The number of rotatable bonds is 6. The van der Waals surface area contributed by atoms with Crippen LogP contribution in [-0.4, -0.2) is 0 Å². The van der Waals surface area contributed by atoms with Gasteiger partial charge in [0.25, 0.3) is 0 Å². The molecule has 0 radical (unpaired) electrons. The van der Waals surface area contributed by atoms with E-state index in [4.69, 9.17) is 0 Å². The molecule has 0 heterocycles. The van der Waals surface area contributed by atoms with Crippen LogP contribution >= 0.6 is 7.92 Å². The average molecular weight is 591 g/mol. The Bertz CT molecular complexity index is 2140. The predicted octanol–water partition coefficient (Wildman–Crippen LogP) is 10.8. The Hall–Kier alpha value is -5.29. The summed E-state index contributed by atoms with van der Waals surface area (Å²) in [4.78, 5) is 0. The molecule has 0 aliphatic heterocycles. The third-order valence-corrected chi connectivity index (χ3v) is 11.1. The molecule has 0 N–H and O–H groups in total. The van der Waals surface area contributed by atoms with Crippen molar-refractivity contribution in [1.29, 1.82) is 0 Å². The molecule has 0 atom stereocenters. The lowest BCUT2D eigenvalue weighted by molar-refractivity contribution is 1.62. The highest BCUT2D eigenvalue weighted by molar-refractivity contribution is 7.79. The van der Waals surface area contributed by atoms with Crippen molar-refractivity contribution < 1.29 is 0 Å². The maximum atomic E-state index is 2.36. The van der Waals surface area contributed by atoms with E-state index < -0.39 is 7.92 Å². The first kappa shape index (κ1) is 27.3. The minimum Gasteiger partial charge on any atom is -0.0622 e. The second-order valence-corrected chi connectivity index (χ2v) is 13.6. The van der Waals surface area contributed by atoms with Gasteiger partial charge in [0.1, 0.15) is 0 Å². The molecule has 0 bridgehead atoms. The predicted molar refractivity (Wildman–Crippen MR) is 196 cm³/mol. The van der Waals surface area contributed by atoms with Gasteiger partial charge >= 0.3 is 0 Å². The van der Waals surface area contributed by atoms with Crippen LogP contribution in [0.5, 0.6) is 0 Å². The molecule has 0 aliphatic rings. The monoisotopic (exact) mass is 590 g/mol. The number of hydrogen-bond acceptors (Lipinski definition) is 0. The topological polar surface area (TPSA) is 0 Å². The largest absolute Gasteiger partial charge is 0.0622 e. The van der Waals surface area contributed by atoms with Crippen molar-refractivity contribution in [2.24, 2.45) is 0 Å². The molecule has 45 heavy (non-hydrogen) atoms. The van der Waals surface area contributed by atoms with Crippen LogP contribution in [0.1, 0.15) is 0 Å². The minimum absolute atomic E-state index is 0.632. The molecule has 0 unspecified atom stereocenters. The smallest absolute Gasteiger partial charge is 0.00262 e. The van der Waals surface area contributed by atoms with Crippen molar-refractivity contribution in [2.75, 3.05) is 0 Å². The highest BCUT2D eigenvalue weighted by Crippen LogP contribution is 2.44. The van der Waals surface area contributed by atoms with Gasteiger partial charge in [0, 0.05) is 0 Å². The lowest BCUT2D eigenvalue weighted by atomic mass is 9.85.